The zero-order valence-electron chi connectivity index (χ0n) is 9.43. The highest BCUT2D eigenvalue weighted by molar-refractivity contribution is 7.85. The van der Waals surface area contributed by atoms with Gasteiger partial charge in [-0.1, -0.05) is 6.42 Å². The Balaban J connectivity index is 1.83. The lowest BCUT2D eigenvalue weighted by atomic mass is 9.84. The van der Waals surface area contributed by atoms with E-state index in [4.69, 9.17) is 0 Å². The number of anilines is 1. The Morgan fingerprint density at radius 2 is 2.29 bits per heavy atom. The van der Waals surface area contributed by atoms with Crippen LogP contribution in [-0.2, 0) is 17.2 Å². The lowest BCUT2D eigenvalue weighted by molar-refractivity contribution is 0.0845. The van der Waals surface area contributed by atoms with Gasteiger partial charge in [0, 0.05) is 18.1 Å². The van der Waals surface area contributed by atoms with Gasteiger partial charge in [-0.3, -0.25) is 4.21 Å². The van der Waals surface area contributed by atoms with Crippen LogP contribution in [0.5, 0.6) is 0 Å². The minimum Gasteiger partial charge on any atom is -0.373 e. The smallest absolute Gasteiger partial charge is 0.147 e. The van der Waals surface area contributed by atoms with E-state index in [1.807, 2.05) is 0 Å². The predicted molar refractivity (Wildman–Crippen MR) is 64.0 cm³/mol. The Morgan fingerprint density at radius 3 is 3.00 bits per heavy atom. The zero-order chi connectivity index (χ0) is 11.8. The Morgan fingerprint density at radius 1 is 1.47 bits per heavy atom. The highest BCUT2D eigenvalue weighted by atomic mass is 32.2. The molecule has 1 aromatic rings. The van der Waals surface area contributed by atoms with Gasteiger partial charge in [-0.25, -0.2) is 9.97 Å². The van der Waals surface area contributed by atoms with Crippen LogP contribution in [0, 0.1) is 5.92 Å². The number of rotatable bonds is 3. The van der Waals surface area contributed by atoms with Crippen LogP contribution < -0.4 is 5.32 Å². The van der Waals surface area contributed by atoms with Gasteiger partial charge in [0.15, 0.2) is 0 Å². The second-order valence-corrected chi connectivity index (χ2v) is 6.09. The van der Waals surface area contributed by atoms with Crippen LogP contribution in [0.2, 0.25) is 0 Å². The van der Waals surface area contributed by atoms with Crippen molar-refractivity contribution in [1.29, 1.82) is 0 Å². The van der Waals surface area contributed by atoms with Crippen molar-refractivity contribution in [3.05, 3.63) is 12.0 Å². The molecular weight excluding hydrogens is 238 g/mol. The molecule has 0 amide bonds. The molecular formula is C11H15N3O2S. The molecule has 5 nitrogen and oxygen atoms in total. The molecule has 2 N–H and O–H groups in total. The van der Waals surface area contributed by atoms with Gasteiger partial charge in [0.25, 0.3) is 0 Å². The van der Waals surface area contributed by atoms with E-state index in [-0.39, 0.29) is 0 Å². The molecule has 2 atom stereocenters. The van der Waals surface area contributed by atoms with Crippen molar-refractivity contribution < 1.29 is 9.32 Å². The summed E-state index contributed by atoms with van der Waals surface area (Å²) in [7, 11) is -1.02. The lowest BCUT2D eigenvalue weighted by Gasteiger charge is -2.31. The molecule has 2 aliphatic rings. The maximum absolute atomic E-state index is 11.8. The number of nitrogens with one attached hydrogen (secondary N) is 1. The average molecular weight is 253 g/mol. The molecule has 0 radical (unpaired) electrons. The number of hydrogen-bond donors (Lipinski definition) is 2. The number of aliphatic hydroxyl groups is 1. The van der Waals surface area contributed by atoms with Gasteiger partial charge in [-0.15, -0.1) is 0 Å². The number of hydrogen-bond acceptors (Lipinski definition) is 5. The first-order valence-electron chi connectivity index (χ1n) is 5.92. The normalized spacial score (nSPS) is 25.1. The van der Waals surface area contributed by atoms with Crippen LogP contribution in [0.15, 0.2) is 11.2 Å². The van der Waals surface area contributed by atoms with Crippen molar-refractivity contribution in [1.82, 2.24) is 9.97 Å². The summed E-state index contributed by atoms with van der Waals surface area (Å²) in [6, 6.07) is 0. The van der Waals surface area contributed by atoms with Crippen molar-refractivity contribution in [2.45, 2.75) is 36.8 Å². The summed E-state index contributed by atoms with van der Waals surface area (Å²) in [6.45, 7) is 0. The monoisotopic (exact) mass is 253 g/mol. The molecule has 1 aromatic heterocycles. The SMILES string of the molecule is O=S1CCc2ncnc(NC(O)C3CCC3)c21. The summed E-state index contributed by atoms with van der Waals surface area (Å²) >= 11 is 0. The lowest BCUT2D eigenvalue weighted by Crippen LogP contribution is -2.33. The predicted octanol–water partition coefficient (Wildman–Crippen LogP) is 0.671. The average Bonchev–Trinajstić information content (AvgIpc) is 2.59. The van der Waals surface area contributed by atoms with Crippen LogP contribution in [0.4, 0.5) is 5.82 Å². The van der Waals surface area contributed by atoms with E-state index in [2.05, 4.69) is 15.3 Å². The molecule has 0 bridgehead atoms. The summed E-state index contributed by atoms with van der Waals surface area (Å²) in [6.07, 6.45) is 4.89. The Kier molecular flexibility index (Phi) is 2.84. The Labute approximate surface area is 102 Å². The van der Waals surface area contributed by atoms with Gasteiger partial charge >= 0.3 is 0 Å². The third kappa shape index (κ3) is 1.95. The second-order valence-electron chi connectivity index (χ2n) is 4.58. The molecule has 0 spiro atoms. The number of aliphatic hydroxyl groups excluding tert-OH is 1. The standard InChI is InChI=1S/C11H15N3O2S/c15-11(7-2-1-3-7)14-10-9-8(12-6-13-10)4-5-17(9)16/h6-7,11,15H,1-5H2,(H,12,13,14). The molecule has 1 aliphatic carbocycles. The zero-order valence-corrected chi connectivity index (χ0v) is 10.2. The molecule has 1 saturated carbocycles. The molecule has 92 valence electrons. The van der Waals surface area contributed by atoms with E-state index < -0.39 is 17.0 Å². The van der Waals surface area contributed by atoms with E-state index in [1.54, 1.807) is 0 Å². The van der Waals surface area contributed by atoms with E-state index in [0.29, 0.717) is 22.4 Å². The highest BCUT2D eigenvalue weighted by Gasteiger charge is 2.29. The molecule has 0 aromatic carbocycles. The quantitative estimate of drug-likeness (QED) is 0.774. The molecule has 3 rings (SSSR count). The van der Waals surface area contributed by atoms with Crippen LogP contribution >= 0.6 is 0 Å². The van der Waals surface area contributed by atoms with E-state index in [0.717, 1.165) is 25.0 Å². The highest BCUT2D eigenvalue weighted by Crippen LogP contribution is 2.32. The first kappa shape index (κ1) is 11.1. The van der Waals surface area contributed by atoms with Gasteiger partial charge in [0.05, 0.1) is 16.5 Å². The number of aromatic nitrogens is 2. The van der Waals surface area contributed by atoms with Gasteiger partial charge in [-0.05, 0) is 12.8 Å². The Bertz CT molecular complexity index is 462. The molecule has 6 heteroatoms. The molecule has 2 heterocycles. The van der Waals surface area contributed by atoms with Crippen LogP contribution in [0.3, 0.4) is 0 Å². The van der Waals surface area contributed by atoms with Crippen LogP contribution in [0.1, 0.15) is 25.0 Å². The molecule has 1 fully saturated rings. The summed E-state index contributed by atoms with van der Waals surface area (Å²) in [4.78, 5) is 8.92. The minimum atomic E-state index is -1.02. The van der Waals surface area contributed by atoms with Gasteiger partial charge in [0.2, 0.25) is 0 Å². The van der Waals surface area contributed by atoms with Gasteiger partial charge in [0.1, 0.15) is 23.3 Å². The molecule has 0 saturated heterocycles. The number of fused-ring (bicyclic) bond motifs is 1. The number of aryl methyl sites for hydroxylation is 1. The topological polar surface area (TPSA) is 75.1 Å². The van der Waals surface area contributed by atoms with Crippen molar-refractivity contribution in [3.63, 3.8) is 0 Å². The van der Waals surface area contributed by atoms with E-state index >= 15 is 0 Å². The molecule has 17 heavy (non-hydrogen) atoms. The second kappa shape index (κ2) is 4.34. The summed E-state index contributed by atoms with van der Waals surface area (Å²) in [5.41, 5.74) is 0.849. The first-order valence-corrected chi connectivity index (χ1v) is 7.24. The van der Waals surface area contributed by atoms with Crippen molar-refractivity contribution >= 4 is 16.6 Å². The first-order chi connectivity index (χ1) is 8.25. The fourth-order valence-corrected chi connectivity index (χ4v) is 3.56. The van der Waals surface area contributed by atoms with Gasteiger partial charge in [-0.2, -0.15) is 0 Å². The minimum absolute atomic E-state index is 0.301. The van der Waals surface area contributed by atoms with E-state index in [9.17, 15) is 9.32 Å². The maximum atomic E-state index is 11.8. The van der Waals surface area contributed by atoms with Crippen LogP contribution in [-0.4, -0.2) is 31.3 Å². The fraction of sp³-hybridized carbons (Fsp3) is 0.636. The van der Waals surface area contributed by atoms with Gasteiger partial charge < -0.3 is 10.4 Å². The largest absolute Gasteiger partial charge is 0.373 e. The molecule has 1 aliphatic heterocycles. The summed E-state index contributed by atoms with van der Waals surface area (Å²) < 4.78 is 11.8. The van der Waals surface area contributed by atoms with Crippen molar-refractivity contribution in [2.24, 2.45) is 5.92 Å². The maximum Gasteiger partial charge on any atom is 0.147 e. The molecule has 2 unspecified atom stereocenters. The third-order valence-electron chi connectivity index (χ3n) is 3.51. The van der Waals surface area contributed by atoms with Crippen LogP contribution in [0.25, 0.3) is 0 Å². The summed E-state index contributed by atoms with van der Waals surface area (Å²) in [5, 5.41) is 13.0. The Hall–Kier alpha value is -1.01. The van der Waals surface area contributed by atoms with E-state index in [1.165, 1.54) is 12.7 Å². The number of nitrogens with zero attached hydrogens (tertiary/aromatic N) is 2. The van der Waals surface area contributed by atoms with Crippen molar-refractivity contribution in [2.75, 3.05) is 11.1 Å². The summed E-state index contributed by atoms with van der Waals surface area (Å²) in [5.74, 6) is 1.46. The van der Waals surface area contributed by atoms with Crippen molar-refractivity contribution in [3.8, 4) is 0 Å². The fourth-order valence-electron chi connectivity index (χ4n) is 2.24. The third-order valence-corrected chi connectivity index (χ3v) is 4.97.